The third-order valence-electron chi connectivity index (χ3n) is 8.94. The number of hydrogen-bond acceptors (Lipinski definition) is 7. The fourth-order valence-corrected chi connectivity index (χ4v) is 6.15. The zero-order valence-corrected chi connectivity index (χ0v) is 26.7. The number of piperidine rings is 1. The second-order valence-electron chi connectivity index (χ2n) is 12.5. The zero-order valence-electron chi connectivity index (χ0n) is 26.7. The van der Waals surface area contributed by atoms with Crippen LogP contribution >= 0.6 is 0 Å². The SMILES string of the molecule is Cn1cc(C(=O)Nc2ccc(-c3cc(-c4cnn(C5CCNCC5)c4)cnc3N)c(F)c2)c(=O)c(-c2ccc(F)cc2)c1C(=O)NC1CC1. The quantitative estimate of drug-likeness (QED) is 0.184. The van der Waals surface area contributed by atoms with Gasteiger partial charge in [0.05, 0.1) is 17.8 Å². The number of rotatable bonds is 8. The molecule has 5 aromatic rings. The van der Waals surface area contributed by atoms with Crippen molar-refractivity contribution in [3.05, 3.63) is 106 Å². The lowest BCUT2D eigenvalue weighted by molar-refractivity contribution is 0.0940. The van der Waals surface area contributed by atoms with Crippen LogP contribution < -0.4 is 27.1 Å². The van der Waals surface area contributed by atoms with E-state index < -0.39 is 28.9 Å². The minimum atomic E-state index is -0.806. The summed E-state index contributed by atoms with van der Waals surface area (Å²) in [5, 5.41) is 13.4. The van der Waals surface area contributed by atoms with Crippen LogP contribution in [0.5, 0.6) is 0 Å². The molecule has 0 atom stereocenters. The predicted octanol–water partition coefficient (Wildman–Crippen LogP) is 4.91. The lowest BCUT2D eigenvalue weighted by atomic mass is 9.99. The van der Waals surface area contributed by atoms with Crippen LogP contribution in [-0.2, 0) is 7.05 Å². The van der Waals surface area contributed by atoms with E-state index in [0.29, 0.717) is 11.6 Å². The van der Waals surface area contributed by atoms with Crippen molar-refractivity contribution >= 4 is 23.3 Å². The van der Waals surface area contributed by atoms with Crippen molar-refractivity contribution in [1.82, 2.24) is 30.0 Å². The van der Waals surface area contributed by atoms with Gasteiger partial charge in [0.15, 0.2) is 0 Å². The molecule has 13 heteroatoms. The van der Waals surface area contributed by atoms with Gasteiger partial charge >= 0.3 is 0 Å². The van der Waals surface area contributed by atoms with Crippen molar-refractivity contribution < 1.29 is 18.4 Å². The third kappa shape index (κ3) is 6.57. The molecule has 2 aromatic carbocycles. The Kier molecular flexibility index (Phi) is 8.51. The van der Waals surface area contributed by atoms with Crippen LogP contribution in [-0.4, -0.2) is 50.3 Å². The van der Waals surface area contributed by atoms with Crippen LogP contribution in [0, 0.1) is 11.6 Å². The molecule has 7 rings (SSSR count). The Morgan fingerprint density at radius 3 is 2.37 bits per heavy atom. The van der Waals surface area contributed by atoms with Gasteiger partial charge in [-0.15, -0.1) is 0 Å². The van der Waals surface area contributed by atoms with Crippen molar-refractivity contribution in [1.29, 1.82) is 0 Å². The lowest BCUT2D eigenvalue weighted by Gasteiger charge is -2.22. The minimum absolute atomic E-state index is 0.0151. The molecule has 1 saturated carbocycles. The molecule has 5 N–H and O–H groups in total. The molecule has 250 valence electrons. The van der Waals surface area contributed by atoms with Crippen molar-refractivity contribution in [2.24, 2.45) is 7.05 Å². The molecular formula is C36H34F2N8O3. The maximum absolute atomic E-state index is 15.7. The van der Waals surface area contributed by atoms with E-state index in [-0.39, 0.29) is 45.5 Å². The summed E-state index contributed by atoms with van der Waals surface area (Å²) in [5.41, 5.74) is 7.67. The van der Waals surface area contributed by atoms with E-state index >= 15 is 4.39 Å². The first-order valence-electron chi connectivity index (χ1n) is 16.1. The topological polar surface area (TPSA) is 149 Å². The summed E-state index contributed by atoms with van der Waals surface area (Å²) in [5.74, 6) is -2.33. The predicted molar refractivity (Wildman–Crippen MR) is 182 cm³/mol. The van der Waals surface area contributed by atoms with Crippen LogP contribution in [0.2, 0.25) is 0 Å². The monoisotopic (exact) mass is 664 g/mol. The summed E-state index contributed by atoms with van der Waals surface area (Å²) in [4.78, 5) is 44.8. The molecular weight excluding hydrogens is 630 g/mol. The van der Waals surface area contributed by atoms with Gasteiger partial charge in [-0.3, -0.25) is 19.1 Å². The van der Waals surface area contributed by atoms with Crippen LogP contribution in [0.25, 0.3) is 33.4 Å². The van der Waals surface area contributed by atoms with Gasteiger partial charge in [0, 0.05) is 59.6 Å². The smallest absolute Gasteiger partial charge is 0.268 e. The first kappa shape index (κ1) is 31.9. The molecule has 2 fully saturated rings. The van der Waals surface area contributed by atoms with Crippen LogP contribution in [0.1, 0.15) is 52.6 Å². The number of halogens is 2. The van der Waals surface area contributed by atoms with Crippen LogP contribution in [0.15, 0.2) is 78.1 Å². The van der Waals surface area contributed by atoms with Gasteiger partial charge in [-0.25, -0.2) is 13.8 Å². The second kappa shape index (κ2) is 13.1. The zero-order chi connectivity index (χ0) is 34.2. The van der Waals surface area contributed by atoms with Gasteiger partial charge in [0.2, 0.25) is 5.43 Å². The molecule has 2 amide bonds. The summed E-state index contributed by atoms with van der Waals surface area (Å²) in [6.07, 6.45) is 10.2. The number of aromatic nitrogens is 4. The standard InChI is InChI=1S/C36H34F2N8O3/c1-45-19-29(33(47)31(20-2-4-23(37)5-3-20)32(45)36(49)43-24-6-7-24)35(48)44-25-8-9-27(30(38)15-25)28-14-21(16-41-34(28)39)22-17-42-46(18-22)26-10-12-40-13-11-26/h2-5,8-9,14-19,24,26,40H,6-7,10-13H2,1H3,(H2,39,41)(H,43,49)(H,44,48). The number of anilines is 2. The van der Waals surface area contributed by atoms with Crippen LogP contribution in [0.3, 0.4) is 0 Å². The molecule has 4 heterocycles. The van der Waals surface area contributed by atoms with Gasteiger partial charge in [-0.2, -0.15) is 5.10 Å². The Morgan fingerprint density at radius 2 is 1.65 bits per heavy atom. The van der Waals surface area contributed by atoms with E-state index in [0.717, 1.165) is 56.0 Å². The first-order valence-corrected chi connectivity index (χ1v) is 16.1. The summed E-state index contributed by atoms with van der Waals surface area (Å²) in [6.45, 7) is 1.87. The van der Waals surface area contributed by atoms with Gasteiger partial charge in [-0.05, 0) is 80.7 Å². The van der Waals surface area contributed by atoms with Gasteiger partial charge < -0.3 is 26.3 Å². The summed E-state index contributed by atoms with van der Waals surface area (Å²) in [6, 6.07) is 11.3. The number of pyridine rings is 2. The first-order chi connectivity index (χ1) is 23.7. The maximum atomic E-state index is 15.7. The number of carbonyl (C=O) groups is 2. The molecule has 0 bridgehead atoms. The number of nitrogens with one attached hydrogen (secondary N) is 3. The van der Waals surface area contributed by atoms with Gasteiger partial charge in [-0.1, -0.05) is 12.1 Å². The van der Waals surface area contributed by atoms with Crippen molar-refractivity contribution in [2.75, 3.05) is 24.1 Å². The third-order valence-corrected chi connectivity index (χ3v) is 8.94. The van der Waals surface area contributed by atoms with E-state index in [1.165, 1.54) is 47.2 Å². The van der Waals surface area contributed by atoms with Gasteiger partial charge in [0.1, 0.15) is 28.7 Å². The molecule has 0 unspecified atom stereocenters. The number of nitrogen functional groups attached to an aromatic ring is 1. The maximum Gasteiger partial charge on any atom is 0.268 e. The molecule has 1 saturated heterocycles. The van der Waals surface area contributed by atoms with Crippen LogP contribution in [0.4, 0.5) is 20.3 Å². The molecule has 0 spiro atoms. The molecule has 1 aliphatic carbocycles. The number of amides is 2. The van der Waals surface area contributed by atoms with E-state index in [1.807, 2.05) is 10.9 Å². The second-order valence-corrected chi connectivity index (χ2v) is 12.5. The Morgan fingerprint density at radius 1 is 0.898 bits per heavy atom. The average molecular weight is 665 g/mol. The highest BCUT2D eigenvalue weighted by molar-refractivity contribution is 6.07. The largest absolute Gasteiger partial charge is 0.383 e. The normalized spacial score (nSPS) is 14.8. The van der Waals surface area contributed by atoms with E-state index in [4.69, 9.17) is 5.73 Å². The molecule has 11 nitrogen and oxygen atoms in total. The number of nitrogens with two attached hydrogens (primary N) is 1. The number of hydrogen-bond donors (Lipinski definition) is 4. The highest BCUT2D eigenvalue weighted by atomic mass is 19.1. The molecule has 49 heavy (non-hydrogen) atoms. The number of aryl methyl sites for hydroxylation is 1. The van der Waals surface area contributed by atoms with Crippen molar-refractivity contribution in [3.8, 4) is 33.4 Å². The summed E-state index contributed by atoms with van der Waals surface area (Å²) >= 11 is 0. The number of nitrogens with zero attached hydrogens (tertiary/aromatic N) is 4. The van der Waals surface area contributed by atoms with Crippen molar-refractivity contribution in [2.45, 2.75) is 37.8 Å². The van der Waals surface area contributed by atoms with E-state index in [2.05, 4.69) is 26.0 Å². The average Bonchev–Trinajstić information content (AvgIpc) is 3.77. The molecule has 0 radical (unpaired) electrons. The Hall–Kier alpha value is -5.69. The van der Waals surface area contributed by atoms with Gasteiger partial charge in [0.25, 0.3) is 11.8 Å². The Bertz CT molecular complexity index is 2130. The van der Waals surface area contributed by atoms with E-state index in [1.54, 1.807) is 25.5 Å². The molecule has 3 aromatic heterocycles. The fourth-order valence-electron chi connectivity index (χ4n) is 6.15. The Balaban J connectivity index is 1.16. The fraction of sp³-hybridized carbons (Fsp3) is 0.250. The number of benzene rings is 2. The summed E-state index contributed by atoms with van der Waals surface area (Å²) in [7, 11) is 1.55. The minimum Gasteiger partial charge on any atom is -0.383 e. The molecule has 1 aliphatic heterocycles. The Labute approximate surface area is 280 Å². The highest BCUT2D eigenvalue weighted by Gasteiger charge is 2.29. The highest BCUT2D eigenvalue weighted by Crippen LogP contribution is 2.33. The lowest BCUT2D eigenvalue weighted by Crippen LogP contribution is -2.33. The molecule has 2 aliphatic rings. The van der Waals surface area contributed by atoms with E-state index in [9.17, 15) is 18.8 Å². The summed E-state index contributed by atoms with van der Waals surface area (Å²) < 4.78 is 32.8. The van der Waals surface area contributed by atoms with Crippen molar-refractivity contribution in [3.63, 3.8) is 0 Å². The number of carbonyl (C=O) groups excluding carboxylic acids is 2.